The zero-order valence-corrected chi connectivity index (χ0v) is 10.1. The van der Waals surface area contributed by atoms with E-state index >= 15 is 0 Å². The number of nitrogens with two attached hydrogens (primary N) is 1. The molecule has 5 heteroatoms. The Morgan fingerprint density at radius 3 is 2.84 bits per heavy atom. The highest BCUT2D eigenvalue weighted by atomic mass is 19.1. The van der Waals surface area contributed by atoms with Gasteiger partial charge in [-0.05, 0) is 24.3 Å². The van der Waals surface area contributed by atoms with E-state index in [-0.39, 0.29) is 5.82 Å². The second-order valence-corrected chi connectivity index (χ2v) is 4.17. The van der Waals surface area contributed by atoms with Crippen molar-refractivity contribution >= 4 is 11.2 Å². The average molecular weight is 257 g/mol. The molecule has 2 N–H and O–H groups in total. The zero-order chi connectivity index (χ0) is 13.2. The topological polar surface area (TPSA) is 64.9 Å². The predicted octanol–water partition coefficient (Wildman–Crippen LogP) is 2.53. The van der Waals surface area contributed by atoms with Crippen LogP contribution in [0.4, 0.5) is 4.39 Å². The van der Waals surface area contributed by atoms with Crippen LogP contribution in [-0.2, 0) is 6.42 Å². The van der Waals surface area contributed by atoms with Crippen molar-refractivity contribution in [3.8, 4) is 11.3 Å². The molecular weight excluding hydrogens is 245 g/mol. The highest BCUT2D eigenvalue weighted by molar-refractivity contribution is 5.73. The van der Waals surface area contributed by atoms with Gasteiger partial charge < -0.3 is 10.2 Å². The zero-order valence-electron chi connectivity index (χ0n) is 10.1. The minimum absolute atomic E-state index is 0.289. The number of rotatable bonds is 3. The molecule has 0 saturated carbocycles. The molecule has 0 radical (unpaired) electrons. The van der Waals surface area contributed by atoms with Gasteiger partial charge in [0.15, 0.2) is 17.1 Å². The van der Waals surface area contributed by atoms with Gasteiger partial charge in [0.25, 0.3) is 0 Å². The highest BCUT2D eigenvalue weighted by Gasteiger charge is 2.08. The van der Waals surface area contributed by atoms with E-state index in [4.69, 9.17) is 10.2 Å². The third kappa shape index (κ3) is 2.32. The lowest BCUT2D eigenvalue weighted by atomic mass is 10.1. The monoisotopic (exact) mass is 257 g/mol. The second kappa shape index (κ2) is 4.78. The van der Waals surface area contributed by atoms with E-state index in [0.29, 0.717) is 41.3 Å². The Morgan fingerprint density at radius 1 is 1.16 bits per heavy atom. The number of oxazole rings is 1. The lowest BCUT2D eigenvalue weighted by Gasteiger charge is -1.99. The molecule has 0 atom stereocenters. The SMILES string of the molecule is NCCc1nc2nc(-c3cccc(F)c3)ccc2o1. The van der Waals surface area contributed by atoms with Crippen molar-refractivity contribution < 1.29 is 8.81 Å². The lowest BCUT2D eigenvalue weighted by Crippen LogP contribution is -2.02. The molecule has 0 aliphatic heterocycles. The van der Waals surface area contributed by atoms with Gasteiger partial charge >= 0.3 is 0 Å². The van der Waals surface area contributed by atoms with Crippen molar-refractivity contribution in [2.45, 2.75) is 6.42 Å². The Balaban J connectivity index is 2.05. The molecule has 0 bridgehead atoms. The van der Waals surface area contributed by atoms with Crippen molar-refractivity contribution in [1.29, 1.82) is 0 Å². The Hall–Kier alpha value is -2.27. The smallest absolute Gasteiger partial charge is 0.199 e. The summed E-state index contributed by atoms with van der Waals surface area (Å²) in [6.45, 7) is 0.476. The first kappa shape index (κ1) is 11.8. The van der Waals surface area contributed by atoms with Gasteiger partial charge in [0, 0.05) is 18.5 Å². The fraction of sp³-hybridized carbons (Fsp3) is 0.143. The van der Waals surface area contributed by atoms with Crippen molar-refractivity contribution in [3.05, 3.63) is 48.1 Å². The van der Waals surface area contributed by atoms with Crippen LogP contribution >= 0.6 is 0 Å². The molecule has 2 aromatic heterocycles. The van der Waals surface area contributed by atoms with E-state index in [0.717, 1.165) is 0 Å². The molecule has 0 aliphatic carbocycles. The number of fused-ring (bicyclic) bond motifs is 1. The summed E-state index contributed by atoms with van der Waals surface area (Å²) in [6, 6.07) is 9.87. The maximum absolute atomic E-state index is 13.2. The van der Waals surface area contributed by atoms with Gasteiger partial charge in [0.2, 0.25) is 0 Å². The highest BCUT2D eigenvalue weighted by Crippen LogP contribution is 2.22. The first-order chi connectivity index (χ1) is 9.26. The van der Waals surface area contributed by atoms with E-state index < -0.39 is 0 Å². The summed E-state index contributed by atoms with van der Waals surface area (Å²) < 4.78 is 18.7. The lowest BCUT2D eigenvalue weighted by molar-refractivity contribution is 0.531. The van der Waals surface area contributed by atoms with Crippen LogP contribution in [0.5, 0.6) is 0 Å². The second-order valence-electron chi connectivity index (χ2n) is 4.17. The van der Waals surface area contributed by atoms with Gasteiger partial charge in [-0.25, -0.2) is 9.37 Å². The molecule has 0 saturated heterocycles. The van der Waals surface area contributed by atoms with Crippen LogP contribution in [-0.4, -0.2) is 16.5 Å². The van der Waals surface area contributed by atoms with Gasteiger partial charge in [-0.2, -0.15) is 4.98 Å². The largest absolute Gasteiger partial charge is 0.439 e. The fourth-order valence-electron chi connectivity index (χ4n) is 1.90. The van der Waals surface area contributed by atoms with Crippen molar-refractivity contribution in [2.75, 3.05) is 6.54 Å². The van der Waals surface area contributed by atoms with Crippen LogP contribution in [0, 0.1) is 5.82 Å². The molecule has 2 heterocycles. The third-order valence-electron chi connectivity index (χ3n) is 2.78. The molecule has 19 heavy (non-hydrogen) atoms. The van der Waals surface area contributed by atoms with Crippen LogP contribution in [0.3, 0.4) is 0 Å². The summed E-state index contributed by atoms with van der Waals surface area (Å²) in [4.78, 5) is 8.64. The Morgan fingerprint density at radius 2 is 2.05 bits per heavy atom. The van der Waals surface area contributed by atoms with Crippen LogP contribution < -0.4 is 5.73 Å². The number of benzene rings is 1. The van der Waals surface area contributed by atoms with Gasteiger partial charge in [0.1, 0.15) is 5.82 Å². The van der Waals surface area contributed by atoms with E-state index in [9.17, 15) is 4.39 Å². The summed E-state index contributed by atoms with van der Waals surface area (Å²) in [5.41, 5.74) is 7.97. The fourth-order valence-corrected chi connectivity index (χ4v) is 1.90. The molecule has 1 aromatic carbocycles. The summed E-state index contributed by atoms with van der Waals surface area (Å²) in [5.74, 6) is 0.282. The number of hydrogen-bond donors (Lipinski definition) is 1. The van der Waals surface area contributed by atoms with Gasteiger partial charge in [-0.3, -0.25) is 0 Å². The standard InChI is InChI=1S/C14H12FN3O/c15-10-3-1-2-9(8-10)11-4-5-12-14(17-11)18-13(19-12)6-7-16/h1-5,8H,6-7,16H2. The normalized spacial score (nSPS) is 11.1. The quantitative estimate of drug-likeness (QED) is 0.783. The average Bonchev–Trinajstić information content (AvgIpc) is 2.80. The van der Waals surface area contributed by atoms with Gasteiger partial charge in [-0.1, -0.05) is 12.1 Å². The predicted molar refractivity (Wildman–Crippen MR) is 70.0 cm³/mol. The van der Waals surface area contributed by atoms with E-state index in [1.165, 1.54) is 12.1 Å². The molecule has 0 fully saturated rings. The maximum atomic E-state index is 13.2. The number of aromatic nitrogens is 2. The molecule has 0 amide bonds. The molecule has 3 aromatic rings. The van der Waals surface area contributed by atoms with E-state index in [1.807, 2.05) is 0 Å². The first-order valence-electron chi connectivity index (χ1n) is 5.99. The van der Waals surface area contributed by atoms with E-state index in [1.54, 1.807) is 24.3 Å². The van der Waals surface area contributed by atoms with Crippen LogP contribution in [0.1, 0.15) is 5.89 Å². The van der Waals surface area contributed by atoms with Crippen molar-refractivity contribution in [2.24, 2.45) is 5.73 Å². The minimum atomic E-state index is -0.289. The Labute approximate surface area is 109 Å². The molecule has 0 spiro atoms. The van der Waals surface area contributed by atoms with Crippen LogP contribution in [0.15, 0.2) is 40.8 Å². The molecule has 96 valence electrons. The maximum Gasteiger partial charge on any atom is 0.199 e. The number of halogens is 1. The van der Waals surface area contributed by atoms with E-state index in [2.05, 4.69) is 9.97 Å². The number of hydrogen-bond acceptors (Lipinski definition) is 4. The van der Waals surface area contributed by atoms with Gasteiger partial charge in [-0.15, -0.1) is 0 Å². The molecule has 0 aliphatic rings. The van der Waals surface area contributed by atoms with Crippen molar-refractivity contribution in [3.63, 3.8) is 0 Å². The molecule has 0 unspecified atom stereocenters. The summed E-state index contributed by atoms with van der Waals surface area (Å²) in [7, 11) is 0. The third-order valence-corrected chi connectivity index (χ3v) is 2.78. The number of nitrogens with zero attached hydrogens (tertiary/aromatic N) is 2. The molecule has 4 nitrogen and oxygen atoms in total. The first-order valence-corrected chi connectivity index (χ1v) is 5.99. The summed E-state index contributed by atoms with van der Waals surface area (Å²) in [6.07, 6.45) is 0.575. The Kier molecular flexibility index (Phi) is 2.97. The van der Waals surface area contributed by atoms with Crippen LogP contribution in [0.25, 0.3) is 22.5 Å². The Bertz CT molecular complexity index is 724. The summed E-state index contributed by atoms with van der Waals surface area (Å²) in [5, 5.41) is 0. The van der Waals surface area contributed by atoms with Crippen LogP contribution in [0.2, 0.25) is 0 Å². The van der Waals surface area contributed by atoms with Gasteiger partial charge in [0.05, 0.1) is 5.69 Å². The summed E-state index contributed by atoms with van der Waals surface area (Å²) >= 11 is 0. The minimum Gasteiger partial charge on any atom is -0.439 e. The molecule has 3 rings (SSSR count). The molecular formula is C14H12FN3O. The van der Waals surface area contributed by atoms with Crippen molar-refractivity contribution in [1.82, 2.24) is 9.97 Å². The number of pyridine rings is 1.